The quantitative estimate of drug-likeness (QED) is 0.460. The van der Waals surface area contributed by atoms with Crippen molar-refractivity contribution in [1.29, 1.82) is 0 Å². The van der Waals surface area contributed by atoms with E-state index in [1.807, 2.05) is 0 Å². The molecule has 0 spiro atoms. The van der Waals surface area contributed by atoms with Crippen LogP contribution in [0.15, 0.2) is 0 Å². The number of hydrogen-bond donors (Lipinski definition) is 0. The molecule has 0 saturated carbocycles. The summed E-state index contributed by atoms with van der Waals surface area (Å²) in [5.74, 6) is 0. The summed E-state index contributed by atoms with van der Waals surface area (Å²) in [5.41, 5.74) is 0. The topological polar surface area (TPSA) is 0 Å². The molecule has 0 nitrogen and oxygen atoms in total. The van der Waals surface area contributed by atoms with Crippen LogP contribution in [0, 0.1) is 0 Å². The predicted octanol–water partition coefficient (Wildman–Crippen LogP) is -0.163. The Kier molecular flexibility index (Phi) is 140. The van der Waals surface area contributed by atoms with Crippen LogP contribution in [-0.2, 0) is 55.6 Å². The number of hydrogen-bond acceptors (Lipinski definition) is 0. The maximum Gasteiger partial charge on any atom is 2.00 e. The van der Waals surface area contributed by atoms with Crippen molar-refractivity contribution in [2.45, 2.75) is 0 Å². The fourth-order valence-corrected chi connectivity index (χ4v) is 0. The van der Waals surface area contributed by atoms with Crippen LogP contribution in [0.25, 0.3) is 0 Å². The van der Waals surface area contributed by atoms with Gasteiger partial charge in [0.2, 0.25) is 0 Å². The van der Waals surface area contributed by atoms with E-state index < -0.39 is 0 Å². The first-order valence-electron chi connectivity index (χ1n) is 0. The molecule has 0 fully saturated rings. The molecule has 0 bridgehead atoms. The molecule has 4 heavy (non-hydrogen) atoms. The van der Waals surface area contributed by atoms with Gasteiger partial charge in [-0.1, -0.05) is 0 Å². The van der Waals surface area contributed by atoms with Crippen molar-refractivity contribution in [1.82, 2.24) is 0 Å². The van der Waals surface area contributed by atoms with Gasteiger partial charge in [-0.25, -0.2) is 0 Å². The monoisotopic (exact) mass is 184 g/mol. The van der Waals surface area contributed by atoms with Gasteiger partial charge in [0.1, 0.15) is 0 Å². The van der Waals surface area contributed by atoms with E-state index in [-0.39, 0.29) is 81.5 Å². The Hall–Kier alpha value is 2.51. The molecule has 0 saturated heterocycles. The Morgan fingerprint density at radius 1 is 1.25 bits per heavy atom. The number of rotatable bonds is 0. The summed E-state index contributed by atoms with van der Waals surface area (Å²) in [7, 11) is 0. The SMILES string of the molecule is [Cr].[H-].[H-].[Mg+2].[Ni].[Ti]. The minimum atomic E-state index is 0. The van der Waals surface area contributed by atoms with Gasteiger partial charge in [-0.05, 0) is 0 Å². The van der Waals surface area contributed by atoms with Gasteiger partial charge in [-0.15, -0.1) is 0 Å². The Labute approximate surface area is 80.5 Å². The molecule has 0 aromatic heterocycles. The van der Waals surface area contributed by atoms with Crippen LogP contribution in [-0.4, -0.2) is 23.1 Å². The zero-order chi connectivity index (χ0) is 0. The van der Waals surface area contributed by atoms with E-state index in [0.717, 1.165) is 0 Å². The van der Waals surface area contributed by atoms with Crippen LogP contribution in [0.5, 0.6) is 0 Å². The minimum Gasteiger partial charge on any atom is -1.00 e. The molecule has 0 atom stereocenters. The fraction of sp³-hybridized carbons (Fsp3) is 0. The molecule has 0 N–H and O–H groups in total. The Bertz CT molecular complexity index is 13.5. The minimum absolute atomic E-state index is 0. The summed E-state index contributed by atoms with van der Waals surface area (Å²) in [6, 6.07) is 0. The van der Waals surface area contributed by atoms with Crippen molar-refractivity contribution < 1.29 is 58.4 Å². The third-order valence-electron chi connectivity index (χ3n) is 0. The molecule has 0 aromatic rings. The zero-order valence-electron chi connectivity index (χ0n) is 3.93. The molecule has 0 heterocycles. The zero-order valence-corrected chi connectivity index (χ0v) is 7.17. The average Bonchev–Trinajstić information content (AvgIpc) is 0. The molecular formula is H2CrMgNiTi. The van der Waals surface area contributed by atoms with Gasteiger partial charge in [0.25, 0.3) is 0 Å². The van der Waals surface area contributed by atoms with Gasteiger partial charge >= 0.3 is 23.1 Å². The fourth-order valence-electron chi connectivity index (χ4n) is 0. The summed E-state index contributed by atoms with van der Waals surface area (Å²) < 4.78 is 0. The first-order chi connectivity index (χ1) is 0. The molecule has 4 heteroatoms. The van der Waals surface area contributed by atoms with E-state index in [1.165, 1.54) is 0 Å². The van der Waals surface area contributed by atoms with Crippen LogP contribution in [0.4, 0.5) is 0 Å². The molecule has 0 rings (SSSR count). The Morgan fingerprint density at radius 3 is 1.25 bits per heavy atom. The van der Waals surface area contributed by atoms with Gasteiger partial charge in [-0.2, -0.15) is 0 Å². The van der Waals surface area contributed by atoms with Crippen molar-refractivity contribution in [2.24, 2.45) is 0 Å². The van der Waals surface area contributed by atoms with E-state index >= 15 is 0 Å². The second kappa shape index (κ2) is 17.8. The molecule has 0 aliphatic rings. The third kappa shape index (κ3) is 8.82. The van der Waals surface area contributed by atoms with Crippen LogP contribution >= 0.6 is 0 Å². The predicted molar refractivity (Wildman–Crippen MR) is 7.98 cm³/mol. The van der Waals surface area contributed by atoms with Crippen molar-refractivity contribution in [2.75, 3.05) is 0 Å². The normalized spacial score (nSPS) is 0. The average molecular weight is 185 g/mol. The molecule has 0 aliphatic heterocycles. The smallest absolute Gasteiger partial charge is 1.00 e. The van der Waals surface area contributed by atoms with E-state index in [2.05, 4.69) is 0 Å². The van der Waals surface area contributed by atoms with Gasteiger partial charge in [-0.3, -0.25) is 0 Å². The van der Waals surface area contributed by atoms with Crippen molar-refractivity contribution in [3.63, 3.8) is 0 Å². The van der Waals surface area contributed by atoms with Crippen molar-refractivity contribution in [3.05, 3.63) is 0 Å². The first kappa shape index (κ1) is 31.4. The summed E-state index contributed by atoms with van der Waals surface area (Å²) in [4.78, 5) is 0. The molecule has 0 aromatic carbocycles. The van der Waals surface area contributed by atoms with Crippen molar-refractivity contribution >= 4 is 23.1 Å². The maximum absolute atomic E-state index is 0. The second-order valence-electron chi connectivity index (χ2n) is 0. The van der Waals surface area contributed by atoms with E-state index in [9.17, 15) is 0 Å². The molecule has 24 valence electrons. The third-order valence-corrected chi connectivity index (χ3v) is 0. The Balaban J connectivity index is 0. The van der Waals surface area contributed by atoms with E-state index in [4.69, 9.17) is 0 Å². The van der Waals surface area contributed by atoms with Crippen LogP contribution < -0.4 is 0 Å². The second-order valence-corrected chi connectivity index (χ2v) is 0. The van der Waals surface area contributed by atoms with Crippen LogP contribution in [0.2, 0.25) is 0 Å². The summed E-state index contributed by atoms with van der Waals surface area (Å²) >= 11 is 0. The largest absolute Gasteiger partial charge is 2.00 e. The summed E-state index contributed by atoms with van der Waals surface area (Å²) in [5, 5.41) is 0. The summed E-state index contributed by atoms with van der Waals surface area (Å²) in [6.07, 6.45) is 0. The molecular weight excluding hydrogens is 183 g/mol. The summed E-state index contributed by atoms with van der Waals surface area (Å²) in [6.45, 7) is 0. The van der Waals surface area contributed by atoms with Crippen LogP contribution in [0.1, 0.15) is 2.85 Å². The van der Waals surface area contributed by atoms with Gasteiger partial charge in [0, 0.05) is 55.6 Å². The van der Waals surface area contributed by atoms with E-state index in [0.29, 0.717) is 0 Å². The van der Waals surface area contributed by atoms with Gasteiger partial charge in [0.15, 0.2) is 0 Å². The molecule has 0 unspecified atom stereocenters. The van der Waals surface area contributed by atoms with E-state index in [1.54, 1.807) is 0 Å². The van der Waals surface area contributed by atoms with Crippen LogP contribution in [0.3, 0.4) is 0 Å². The molecule has 0 aliphatic carbocycles. The first-order valence-corrected chi connectivity index (χ1v) is 0. The maximum atomic E-state index is 0. The van der Waals surface area contributed by atoms with Gasteiger partial charge in [0.05, 0.1) is 0 Å². The van der Waals surface area contributed by atoms with Gasteiger partial charge < -0.3 is 2.85 Å². The molecule has 0 amide bonds. The van der Waals surface area contributed by atoms with Crippen molar-refractivity contribution in [3.8, 4) is 0 Å². The Morgan fingerprint density at radius 2 is 1.25 bits per heavy atom. The standard InChI is InChI=1S/Cr.Mg.Ni.Ti.2H/q;+2;;;2*-1. The molecule has 0 radical (unpaired) electrons.